The van der Waals surface area contributed by atoms with Crippen LogP contribution in [0.3, 0.4) is 0 Å². The highest BCUT2D eigenvalue weighted by atomic mass is 32.2. The Kier molecular flexibility index (Phi) is 47.3. The Balaban J connectivity index is 1.11. The molecule has 56 heteroatoms. The lowest BCUT2D eigenvalue weighted by atomic mass is 9.95. The first kappa shape index (κ1) is 109. The molecule has 736 valence electrons. The van der Waals surface area contributed by atoms with Crippen LogP contribution in [0, 0.1) is 0 Å². The number of hydrogen-bond acceptors (Lipinski definition) is 53. The van der Waals surface area contributed by atoms with E-state index < -0.39 is 283 Å². The molecule has 0 aliphatic carbocycles. The van der Waals surface area contributed by atoms with E-state index >= 15 is 0 Å². The first-order valence-electron chi connectivity index (χ1n) is 40.4. The summed E-state index contributed by atoms with van der Waals surface area (Å²) in [5.41, 5.74) is 0. The summed E-state index contributed by atoms with van der Waals surface area (Å²) in [4.78, 5) is 91.5. The van der Waals surface area contributed by atoms with Crippen LogP contribution >= 0.6 is 94.1 Å². The molecule has 0 aromatic rings. The van der Waals surface area contributed by atoms with Gasteiger partial charge in [0.2, 0.25) is 0 Å². The number of aliphatic hydroxyl groups excluding tert-OH is 16. The molecule has 0 aromatic carbocycles. The largest absolute Gasteiger partial charge is 0.481 e. The number of rotatable bonds is 45. The monoisotopic (exact) mass is 2000 g/mol. The molecule has 40 atom stereocenters. The van der Waals surface area contributed by atoms with Crippen LogP contribution in [0.1, 0.15) is 19.3 Å². The molecule has 40 unspecified atom stereocenters. The Morgan fingerprint density at radius 1 is 0.203 bits per heavy atom. The van der Waals surface area contributed by atoms with Crippen LogP contribution in [0.5, 0.6) is 0 Å². The van der Waals surface area contributed by atoms with Gasteiger partial charge < -0.3 is 196 Å². The third-order valence-electron chi connectivity index (χ3n) is 21.2. The van der Waals surface area contributed by atoms with Crippen molar-refractivity contribution in [1.82, 2.24) is 0 Å². The van der Waals surface area contributed by atoms with Crippen LogP contribution in [0.25, 0.3) is 0 Å². The molecular weight excluding hydrogens is 1890 g/mol. The Labute approximate surface area is 764 Å². The van der Waals surface area contributed by atoms with Crippen LogP contribution in [0.4, 0.5) is 0 Å². The fourth-order valence-electron chi connectivity index (χ4n) is 14.7. The minimum absolute atomic E-state index is 0.0352. The van der Waals surface area contributed by atoms with Gasteiger partial charge in [0, 0.05) is 92.0 Å². The molecule has 30 heterocycles. The topological polar surface area (TPSA) is 715 Å². The highest BCUT2D eigenvalue weighted by molar-refractivity contribution is 8.00. The Hall–Kier alpha value is -2.72. The van der Waals surface area contributed by atoms with Crippen molar-refractivity contribution in [2.24, 2.45) is 0 Å². The molecule has 30 aliphatic heterocycles. The van der Waals surface area contributed by atoms with Crippen molar-refractivity contribution >= 4 is 144 Å². The van der Waals surface area contributed by atoms with Crippen molar-refractivity contribution in [2.45, 2.75) is 265 Å². The third kappa shape index (κ3) is 30.6. The minimum atomic E-state index is -2.29. The average Bonchev–Trinajstić information content (AvgIpc) is 0.770. The molecule has 30 saturated heterocycles. The molecule has 19 N–H and O–H groups in total. The van der Waals surface area contributed by atoms with E-state index in [9.17, 15) is 135 Å². The van der Waals surface area contributed by atoms with Crippen molar-refractivity contribution in [3.05, 3.63) is 0 Å². The van der Waals surface area contributed by atoms with Gasteiger partial charge in [-0.1, -0.05) is 0 Å². The number of aliphatic carboxylic acids is 3. The van der Waals surface area contributed by atoms with E-state index in [1.165, 1.54) is 0 Å². The summed E-state index contributed by atoms with van der Waals surface area (Å²) < 4.78 is 126. The fourth-order valence-corrected chi connectivity index (χ4v) is 22.0. The summed E-state index contributed by atoms with van der Waals surface area (Å²) in [6, 6.07) is 0. The fraction of sp³-hybridized carbons (Fsp3) is 0.889. The molecule has 16 bridgehead atoms. The van der Waals surface area contributed by atoms with Crippen LogP contribution in [-0.4, -0.2) is 518 Å². The van der Waals surface area contributed by atoms with E-state index in [1.807, 2.05) is 0 Å². The standard InChI is InChI=1S/C72H112O48S8/c73-25-100-4-12-124-20-33-60-45(88)53(96)69(109-33)118-62-35(22-126-14-6-102-27-75)111-71(55(98)47(62)90)120-64-37(24-128-16-8-104-29-77)112-72(56(99)48(64)91)119-63-36(23-127-15-7-103-28-76)110-70(54(97)46(63)89)117-61-34(21-125-13-5-101-26-74)108-68(52(95)44(61)87)115-59-32(19-123-11-3-40(82)83)106-66(50(93)42(59)85)113-57-30(17-121-9-1-38(78)79)105-65(49(92)41(57)84)114-58-31(18-122-10-2-39(80)81)107-67(116-60)51(94)43(58)86/h25-37,41-72,84-99H,1-24H2,(H,78,79)(H,80,81)(H,82,83). The number of aliphatic hydroxyl groups is 16. The van der Waals surface area contributed by atoms with Crippen molar-refractivity contribution < 1.29 is 235 Å². The van der Waals surface area contributed by atoms with Gasteiger partial charge in [0.1, 0.15) is 180 Å². The number of carboxylic acids is 3. The average molecular weight is 2000 g/mol. The highest BCUT2D eigenvalue weighted by Crippen LogP contribution is 2.43. The van der Waals surface area contributed by atoms with Crippen molar-refractivity contribution in [2.75, 3.05) is 125 Å². The zero-order valence-corrected chi connectivity index (χ0v) is 74.6. The van der Waals surface area contributed by atoms with Crippen LogP contribution in [0.2, 0.25) is 0 Å². The molecule has 48 nitrogen and oxygen atoms in total. The molecule has 0 spiro atoms. The number of carbonyl (C=O) groups is 8. The first-order valence-corrected chi connectivity index (χ1v) is 49.6. The van der Waals surface area contributed by atoms with Crippen LogP contribution in [-0.2, 0) is 138 Å². The van der Waals surface area contributed by atoms with Gasteiger partial charge in [-0.2, -0.15) is 94.1 Å². The summed E-state index contributed by atoms with van der Waals surface area (Å²) in [6.45, 7) is -0.0520. The second-order valence-corrected chi connectivity index (χ2v) is 39.1. The molecule has 0 aromatic heterocycles. The van der Waals surface area contributed by atoms with Crippen molar-refractivity contribution in [3.8, 4) is 0 Å². The zero-order chi connectivity index (χ0) is 92.8. The summed E-state index contributed by atoms with van der Waals surface area (Å²) in [5, 5.41) is 225. The lowest BCUT2D eigenvalue weighted by molar-refractivity contribution is -0.396. The van der Waals surface area contributed by atoms with E-state index in [0.717, 1.165) is 94.1 Å². The van der Waals surface area contributed by atoms with Gasteiger partial charge in [-0.25, -0.2) is 0 Å². The van der Waals surface area contributed by atoms with Gasteiger partial charge >= 0.3 is 17.9 Å². The molecule has 30 fully saturated rings. The number of thioether (sulfide) groups is 8. The van der Waals surface area contributed by atoms with E-state index in [-0.39, 0.29) is 157 Å². The normalized spacial score (nSPS) is 41.3. The van der Waals surface area contributed by atoms with Gasteiger partial charge in [0.15, 0.2) is 50.3 Å². The Morgan fingerprint density at radius 3 is 0.445 bits per heavy atom. The second kappa shape index (κ2) is 55.6. The van der Waals surface area contributed by atoms with E-state index in [0.29, 0.717) is 0 Å². The summed E-state index contributed by atoms with van der Waals surface area (Å²) in [6.07, 6.45) is -80.8. The van der Waals surface area contributed by atoms with E-state index in [2.05, 4.69) is 0 Å². The summed E-state index contributed by atoms with van der Waals surface area (Å²) in [5.74, 6) is -6.27. The first-order chi connectivity index (χ1) is 61.5. The zero-order valence-electron chi connectivity index (χ0n) is 68.1. The Morgan fingerprint density at radius 2 is 0.328 bits per heavy atom. The maximum absolute atomic E-state index is 12.3. The molecule has 128 heavy (non-hydrogen) atoms. The van der Waals surface area contributed by atoms with Crippen molar-refractivity contribution in [3.63, 3.8) is 0 Å². The molecule has 30 aliphatic rings. The van der Waals surface area contributed by atoms with Gasteiger partial charge in [-0.3, -0.25) is 38.4 Å². The second-order valence-electron chi connectivity index (χ2n) is 29.9. The lowest BCUT2D eigenvalue weighted by Gasteiger charge is -2.51. The SMILES string of the molecule is O=COCCSCC1OC2OC3C(CSCCOC=O)OC(OC4C(CSCCOC=O)OC(OC5C(CSCCC(=O)O)OC(OC6C(CSCCC(=O)O)OC(OC7C(CSCCC(=O)O)OC(OC8C(CSCCOC=O)OC(OC9C(CSCCOC=O)OC(OC1C(O)C2O)C(O)C9O)C(O)C8O)C(O)C7O)C(O)C6O)C(O)C5O)C(O)C4O)C(O)C3O. The van der Waals surface area contributed by atoms with E-state index in [4.69, 9.17) is 99.5 Å². The van der Waals surface area contributed by atoms with Gasteiger partial charge in [-0.15, -0.1) is 0 Å². The molecule has 0 saturated carbocycles. The maximum atomic E-state index is 12.3. The predicted molar refractivity (Wildman–Crippen MR) is 440 cm³/mol. The van der Waals surface area contributed by atoms with Crippen LogP contribution in [0.15, 0.2) is 0 Å². The van der Waals surface area contributed by atoms with Crippen LogP contribution < -0.4 is 0 Å². The molecule has 0 amide bonds. The van der Waals surface area contributed by atoms with E-state index in [1.54, 1.807) is 0 Å². The molecule has 30 rings (SSSR count). The number of ether oxygens (including phenoxy) is 21. The third-order valence-corrected chi connectivity index (χ3v) is 29.4. The number of hydrogen-bond donors (Lipinski definition) is 19. The number of carboxylic acid groups (broad SMARTS) is 3. The maximum Gasteiger partial charge on any atom is 0.304 e. The smallest absolute Gasteiger partial charge is 0.304 e. The van der Waals surface area contributed by atoms with Gasteiger partial charge in [0.25, 0.3) is 32.4 Å². The molecular formula is C72H112O48S8. The quantitative estimate of drug-likeness (QED) is 0.0153. The highest BCUT2D eigenvalue weighted by Gasteiger charge is 2.61. The van der Waals surface area contributed by atoms with Gasteiger partial charge in [0.05, 0.1) is 68.1 Å². The summed E-state index contributed by atoms with van der Waals surface area (Å²) in [7, 11) is 0. The predicted octanol–water partition coefficient (Wildman–Crippen LogP) is -9.19. The minimum Gasteiger partial charge on any atom is -0.481 e. The summed E-state index contributed by atoms with van der Waals surface area (Å²) >= 11 is 7.83. The molecule has 0 radical (unpaired) electrons. The van der Waals surface area contributed by atoms with Gasteiger partial charge in [-0.05, 0) is 0 Å². The van der Waals surface area contributed by atoms with Crippen molar-refractivity contribution in [1.29, 1.82) is 0 Å². The Bertz CT molecular complexity index is 3250. The lowest BCUT2D eigenvalue weighted by Crippen LogP contribution is -2.69. The number of carbonyl (C=O) groups excluding carboxylic acids is 5.